The van der Waals surface area contributed by atoms with Gasteiger partial charge in [0.25, 0.3) is 0 Å². The van der Waals surface area contributed by atoms with Crippen LogP contribution in [0, 0.1) is 23.7 Å². The molecule has 2 fully saturated rings. The molecule has 1 aromatic rings. The van der Waals surface area contributed by atoms with Gasteiger partial charge in [0.1, 0.15) is 30.3 Å². The summed E-state index contributed by atoms with van der Waals surface area (Å²) in [6, 6.07) is 5.30. The molecule has 0 amide bonds. The number of aliphatic hydroxyl groups is 3. The van der Waals surface area contributed by atoms with Gasteiger partial charge in [-0.1, -0.05) is 45.0 Å². The largest absolute Gasteiger partial charge is 0.459 e. The van der Waals surface area contributed by atoms with Crippen molar-refractivity contribution in [3.8, 4) is 11.5 Å². The summed E-state index contributed by atoms with van der Waals surface area (Å²) in [4.78, 5) is 35.5. The van der Waals surface area contributed by atoms with Gasteiger partial charge in [0.2, 0.25) is 6.79 Å². The zero-order valence-electron chi connectivity index (χ0n) is 33.7. The summed E-state index contributed by atoms with van der Waals surface area (Å²) in [6.45, 7) is 13.8. The first kappa shape index (κ1) is 43.6. The zero-order chi connectivity index (χ0) is 40.1. The molecule has 0 unspecified atom stereocenters. The lowest BCUT2D eigenvalue weighted by Gasteiger charge is -2.47. The van der Waals surface area contributed by atoms with Crippen molar-refractivity contribution in [1.29, 1.82) is 0 Å². The minimum absolute atomic E-state index is 0.0813. The van der Waals surface area contributed by atoms with Gasteiger partial charge in [0.15, 0.2) is 23.6 Å². The molecule has 3 N–H and O–H groups in total. The highest BCUT2D eigenvalue weighted by atomic mass is 16.7. The van der Waals surface area contributed by atoms with E-state index in [2.05, 4.69) is 5.16 Å². The predicted molar refractivity (Wildman–Crippen MR) is 201 cm³/mol. The molecule has 3 heterocycles. The molecule has 0 spiro atoms. The van der Waals surface area contributed by atoms with Crippen LogP contribution >= 0.6 is 0 Å². The van der Waals surface area contributed by atoms with E-state index in [0.29, 0.717) is 23.6 Å². The molecular weight excluding hydrogens is 700 g/mol. The number of rotatable bonds is 9. The molecule has 54 heavy (non-hydrogen) atoms. The second-order valence-corrected chi connectivity index (χ2v) is 15.8. The first-order chi connectivity index (χ1) is 25.4. The minimum Gasteiger partial charge on any atom is -0.459 e. The lowest BCUT2D eigenvalue weighted by atomic mass is 9.74. The van der Waals surface area contributed by atoms with Crippen molar-refractivity contribution in [2.75, 3.05) is 34.6 Å². The van der Waals surface area contributed by atoms with Crippen LogP contribution in [0.1, 0.15) is 80.2 Å². The first-order valence-corrected chi connectivity index (χ1v) is 19.0. The molecule has 1 aromatic carbocycles. The molecule has 0 saturated carbocycles. The maximum absolute atomic E-state index is 14.2. The van der Waals surface area contributed by atoms with Crippen LogP contribution < -0.4 is 9.47 Å². The van der Waals surface area contributed by atoms with Gasteiger partial charge in [-0.2, -0.15) is 0 Å². The quantitative estimate of drug-likeness (QED) is 0.143. The molecule has 14 heteroatoms. The Morgan fingerprint density at radius 2 is 1.72 bits per heavy atom. The Bertz CT molecular complexity index is 1500. The standard InChI is InChI=1S/C40H62N2O12/c1-12-31-40(8,47)35(45)24(4)32(41-51-17-13-14-27-15-16-29-30(19-27)50-21-49-29)22(2)20-39(7,48-11)36(25(5)33(43)26(6)37(46)53-31)54-38-34(44)28(42(9)10)18-23(3)52-38/h13-16,19,22-26,28,31,34-36,38,44-45,47H,12,17-18,20-21H2,1-11H3/b14-13+,41-32+/t22-,23-,24+,25+,26-,28+,31-,34-,35-,36-,38+,39-,40-/m1/s1. The highest BCUT2D eigenvalue weighted by Gasteiger charge is 2.51. The van der Waals surface area contributed by atoms with Gasteiger partial charge in [-0.25, -0.2) is 0 Å². The van der Waals surface area contributed by atoms with E-state index in [0.717, 1.165) is 5.56 Å². The van der Waals surface area contributed by atoms with Crippen molar-refractivity contribution < 1.29 is 58.2 Å². The number of fused-ring (bicyclic) bond motifs is 1. The van der Waals surface area contributed by atoms with Crippen LogP contribution in [0.15, 0.2) is 29.4 Å². The van der Waals surface area contributed by atoms with E-state index in [9.17, 15) is 24.9 Å². The summed E-state index contributed by atoms with van der Waals surface area (Å²) in [5.41, 5.74) is -1.88. The summed E-state index contributed by atoms with van der Waals surface area (Å²) in [5, 5.41) is 39.5. The molecule has 14 nitrogen and oxygen atoms in total. The van der Waals surface area contributed by atoms with Crippen LogP contribution in [0.4, 0.5) is 0 Å². The second-order valence-electron chi connectivity index (χ2n) is 15.8. The van der Waals surface area contributed by atoms with Crippen LogP contribution in [-0.2, 0) is 33.4 Å². The Balaban J connectivity index is 1.73. The number of esters is 1. The van der Waals surface area contributed by atoms with E-state index in [1.165, 1.54) is 21.0 Å². The summed E-state index contributed by atoms with van der Waals surface area (Å²) < 4.78 is 35.6. The molecule has 0 radical (unpaired) electrons. The van der Waals surface area contributed by atoms with Gasteiger partial charge in [0.05, 0.1) is 29.6 Å². The molecule has 0 aliphatic carbocycles. The normalized spacial score (nSPS) is 39.2. The van der Waals surface area contributed by atoms with E-state index >= 15 is 0 Å². The number of nitrogens with zero attached hydrogens (tertiary/aromatic N) is 2. The highest BCUT2D eigenvalue weighted by molar-refractivity contribution is 6.00. The Morgan fingerprint density at radius 1 is 1.04 bits per heavy atom. The van der Waals surface area contributed by atoms with Crippen molar-refractivity contribution in [3.63, 3.8) is 0 Å². The average molecular weight is 763 g/mol. The van der Waals surface area contributed by atoms with Gasteiger partial charge < -0.3 is 53.5 Å². The summed E-state index contributed by atoms with van der Waals surface area (Å²) in [6.07, 6.45) is -1.48. The van der Waals surface area contributed by atoms with E-state index < -0.39 is 77.3 Å². The lowest BCUT2D eigenvalue weighted by Crippen LogP contribution is -2.60. The topological polar surface area (TPSA) is 175 Å². The van der Waals surface area contributed by atoms with E-state index in [4.69, 9.17) is 33.3 Å². The summed E-state index contributed by atoms with van der Waals surface area (Å²) in [7, 11) is 5.25. The third-order valence-electron chi connectivity index (χ3n) is 11.4. The van der Waals surface area contributed by atoms with Gasteiger partial charge >= 0.3 is 5.97 Å². The van der Waals surface area contributed by atoms with Crippen molar-refractivity contribution in [2.24, 2.45) is 28.8 Å². The van der Waals surface area contributed by atoms with Crippen LogP contribution in [0.25, 0.3) is 6.08 Å². The fourth-order valence-electron chi connectivity index (χ4n) is 7.97. The van der Waals surface area contributed by atoms with Gasteiger partial charge in [-0.15, -0.1) is 0 Å². The maximum atomic E-state index is 14.2. The Morgan fingerprint density at radius 3 is 2.37 bits per heavy atom. The maximum Gasteiger partial charge on any atom is 0.316 e. The average Bonchev–Trinajstić information content (AvgIpc) is 3.61. The highest BCUT2D eigenvalue weighted by Crippen LogP contribution is 2.39. The van der Waals surface area contributed by atoms with Crippen LogP contribution in [0.3, 0.4) is 0 Å². The Kier molecular flexibility index (Phi) is 14.7. The predicted octanol–water partition coefficient (Wildman–Crippen LogP) is 3.97. The second kappa shape index (κ2) is 18.2. The van der Waals surface area contributed by atoms with E-state index in [1.54, 1.807) is 33.8 Å². The van der Waals surface area contributed by atoms with Crippen molar-refractivity contribution in [2.45, 2.75) is 129 Å². The third kappa shape index (κ3) is 9.63. The number of hydrogen-bond acceptors (Lipinski definition) is 14. The van der Waals surface area contributed by atoms with Gasteiger partial charge in [0, 0.05) is 30.9 Å². The SMILES string of the molecule is CC[C@H]1OC(=O)[C@H](C)C(=O)[C@H](C)[C@@H](O[C@@H]2O[C@H](C)C[C@H](N(C)C)[C@H]2O)[C@](C)(OC)C[C@@H](C)/C(=N\OC/C=C/c2ccc3c(c2)OCO3)[C@H](C)[C@@H](O)[C@]1(C)O. The number of ketones is 1. The molecule has 0 aromatic heterocycles. The molecule has 304 valence electrons. The van der Waals surface area contributed by atoms with Crippen molar-refractivity contribution >= 4 is 23.5 Å². The van der Waals surface area contributed by atoms with Crippen LogP contribution in [-0.4, -0.2) is 126 Å². The molecular formula is C40H62N2O12. The Labute approximate surface area is 319 Å². The fourth-order valence-corrected chi connectivity index (χ4v) is 7.97. The summed E-state index contributed by atoms with van der Waals surface area (Å²) in [5.74, 6) is -3.45. The third-order valence-corrected chi connectivity index (χ3v) is 11.4. The van der Waals surface area contributed by atoms with Gasteiger partial charge in [-0.3, -0.25) is 9.59 Å². The first-order valence-electron chi connectivity index (χ1n) is 19.0. The van der Waals surface area contributed by atoms with Crippen molar-refractivity contribution in [1.82, 2.24) is 4.90 Å². The number of cyclic esters (lactones) is 1. The molecule has 4 rings (SSSR count). The minimum atomic E-state index is -1.92. The molecule has 3 aliphatic rings. The number of aliphatic hydroxyl groups excluding tert-OH is 2. The van der Waals surface area contributed by atoms with Crippen molar-refractivity contribution in [3.05, 3.63) is 29.8 Å². The number of carbonyl (C=O) groups is 2. The number of hydrogen-bond donors (Lipinski definition) is 3. The number of oxime groups is 1. The number of benzene rings is 1. The van der Waals surface area contributed by atoms with Gasteiger partial charge in [-0.05, 0) is 84.8 Å². The number of methoxy groups -OCH3 is 1. The molecule has 2 saturated heterocycles. The number of ether oxygens (including phenoxy) is 6. The molecule has 0 bridgehead atoms. The molecule has 13 atom stereocenters. The van der Waals surface area contributed by atoms with E-state index in [1.807, 2.05) is 57.1 Å². The van der Waals surface area contributed by atoms with Crippen LogP contribution in [0.2, 0.25) is 0 Å². The number of likely N-dealkylation sites (N-methyl/N-ethyl adjacent to an activating group) is 1. The lowest BCUT2D eigenvalue weighted by molar-refractivity contribution is -0.295. The number of carbonyl (C=O) groups excluding carboxylic acids is 2. The smallest absolute Gasteiger partial charge is 0.316 e. The zero-order valence-corrected chi connectivity index (χ0v) is 33.7. The fraction of sp³-hybridized carbons (Fsp3) is 0.725. The van der Waals surface area contributed by atoms with E-state index in [-0.39, 0.29) is 38.4 Å². The summed E-state index contributed by atoms with van der Waals surface area (Å²) >= 11 is 0. The molecule has 3 aliphatic heterocycles. The van der Waals surface area contributed by atoms with Crippen LogP contribution in [0.5, 0.6) is 11.5 Å². The monoisotopic (exact) mass is 762 g/mol. The Hall–Kier alpha value is -3.11. The number of Topliss-reactive ketones (excluding diaryl/α,β-unsaturated/α-hetero) is 1.